The Balaban J connectivity index is 0.00000450. The van der Waals surface area contributed by atoms with Crippen molar-refractivity contribution < 1.29 is 36.2 Å². The van der Waals surface area contributed by atoms with Gasteiger partial charge in [0.25, 0.3) is 0 Å². The molecule has 12 heteroatoms. The largest absolute Gasteiger partial charge is 0.573 e. The average Bonchev–Trinajstić information content (AvgIpc) is 2.62. The van der Waals surface area contributed by atoms with E-state index in [1.807, 2.05) is 0 Å². The molecule has 0 fully saturated rings. The summed E-state index contributed by atoms with van der Waals surface area (Å²) < 4.78 is 76.6. The zero-order chi connectivity index (χ0) is 21.4. The molecule has 0 radical (unpaired) electrons. The molecule has 0 aromatic heterocycles. The first-order chi connectivity index (χ1) is 13.7. The van der Waals surface area contributed by atoms with Gasteiger partial charge in [-0.05, 0) is 25.1 Å². The van der Waals surface area contributed by atoms with Crippen molar-refractivity contribution in [1.29, 1.82) is 0 Å². The maximum atomic E-state index is 12.7. The molecule has 0 heterocycles. The number of para-hydroxylation sites is 3. The second-order valence-electron chi connectivity index (χ2n) is 5.43. The van der Waals surface area contributed by atoms with Gasteiger partial charge in [0.1, 0.15) is 0 Å². The summed E-state index contributed by atoms with van der Waals surface area (Å²) in [5.41, 5.74) is 5.90. The Bertz CT molecular complexity index is 850. The summed E-state index contributed by atoms with van der Waals surface area (Å²) >= 11 is 0. The summed E-state index contributed by atoms with van der Waals surface area (Å²) in [5, 5.41) is 2.49. The van der Waals surface area contributed by atoms with Gasteiger partial charge in [-0.15, -0.1) is 37.1 Å². The van der Waals surface area contributed by atoms with Gasteiger partial charge in [0, 0.05) is 5.56 Å². The van der Waals surface area contributed by atoms with Crippen LogP contribution in [-0.2, 0) is 6.54 Å². The van der Waals surface area contributed by atoms with Crippen LogP contribution in [0.25, 0.3) is 0 Å². The second-order valence-corrected chi connectivity index (χ2v) is 5.43. The quantitative estimate of drug-likeness (QED) is 0.208. The van der Waals surface area contributed by atoms with Crippen molar-refractivity contribution in [3.8, 4) is 17.2 Å². The van der Waals surface area contributed by atoms with E-state index < -0.39 is 18.7 Å². The van der Waals surface area contributed by atoms with Crippen LogP contribution in [0.5, 0.6) is 17.2 Å². The highest BCUT2D eigenvalue weighted by molar-refractivity contribution is 14.0. The molecule has 0 saturated heterocycles. The van der Waals surface area contributed by atoms with Gasteiger partial charge in [-0.1, -0.05) is 24.3 Å². The van der Waals surface area contributed by atoms with E-state index in [1.165, 1.54) is 30.3 Å². The highest BCUT2D eigenvalue weighted by Crippen LogP contribution is 2.33. The highest BCUT2D eigenvalue weighted by Gasteiger charge is 2.32. The maximum absolute atomic E-state index is 12.7. The van der Waals surface area contributed by atoms with Gasteiger partial charge in [-0.25, -0.2) is 4.99 Å². The first kappa shape index (κ1) is 25.5. The fourth-order valence-corrected chi connectivity index (χ4v) is 2.31. The molecule has 0 bridgehead atoms. The third kappa shape index (κ3) is 8.08. The number of alkyl halides is 5. The standard InChI is InChI=1S/C18H18F5N3O3.HI/c1-2-27-14-9-5-6-11(15(14)28-16(19)20)10-25-17(24)26-12-7-3-4-8-13(12)29-18(21,22)23;/h3-9,16H,2,10H2,1H3,(H3,24,25,26);1H. The number of hydrogen-bond acceptors (Lipinski definition) is 4. The predicted molar refractivity (Wildman–Crippen MR) is 112 cm³/mol. The molecule has 3 N–H and O–H groups in total. The Morgan fingerprint density at radius 1 is 1.10 bits per heavy atom. The number of nitrogens with one attached hydrogen (secondary N) is 1. The number of benzene rings is 2. The van der Waals surface area contributed by atoms with Gasteiger partial charge < -0.3 is 25.3 Å². The average molecular weight is 547 g/mol. The first-order valence-electron chi connectivity index (χ1n) is 8.30. The summed E-state index contributed by atoms with van der Waals surface area (Å²) in [4.78, 5) is 3.96. The third-order valence-electron chi connectivity index (χ3n) is 3.36. The summed E-state index contributed by atoms with van der Waals surface area (Å²) in [6.45, 7) is -1.36. The highest BCUT2D eigenvalue weighted by atomic mass is 127. The van der Waals surface area contributed by atoms with Gasteiger partial charge in [-0.2, -0.15) is 8.78 Å². The summed E-state index contributed by atoms with van der Waals surface area (Å²) in [7, 11) is 0. The molecule has 166 valence electrons. The van der Waals surface area contributed by atoms with Gasteiger partial charge in [0.2, 0.25) is 0 Å². The minimum atomic E-state index is -4.88. The second kappa shape index (κ2) is 11.6. The van der Waals surface area contributed by atoms with E-state index in [0.717, 1.165) is 6.07 Å². The van der Waals surface area contributed by atoms with Crippen LogP contribution in [0, 0.1) is 0 Å². The number of guanidine groups is 1. The van der Waals surface area contributed by atoms with E-state index in [9.17, 15) is 22.0 Å². The zero-order valence-electron chi connectivity index (χ0n) is 15.6. The molecule has 6 nitrogen and oxygen atoms in total. The lowest BCUT2D eigenvalue weighted by atomic mass is 10.2. The molecule has 0 aliphatic rings. The van der Waals surface area contributed by atoms with Crippen molar-refractivity contribution in [2.75, 3.05) is 11.9 Å². The Morgan fingerprint density at radius 3 is 2.40 bits per heavy atom. The fourth-order valence-electron chi connectivity index (χ4n) is 2.31. The molecular formula is C18H19F5IN3O3. The Kier molecular flexibility index (Phi) is 9.89. The normalized spacial score (nSPS) is 11.6. The van der Waals surface area contributed by atoms with Crippen molar-refractivity contribution in [2.45, 2.75) is 26.4 Å². The fraction of sp³-hybridized carbons (Fsp3) is 0.278. The van der Waals surface area contributed by atoms with Crippen molar-refractivity contribution in [3.63, 3.8) is 0 Å². The number of halogens is 6. The number of aliphatic imine (C=N–C) groups is 1. The minimum Gasteiger partial charge on any atom is -0.490 e. The molecule has 0 spiro atoms. The zero-order valence-corrected chi connectivity index (χ0v) is 17.9. The number of rotatable bonds is 8. The van der Waals surface area contributed by atoms with E-state index in [4.69, 9.17) is 10.5 Å². The number of anilines is 1. The van der Waals surface area contributed by atoms with Gasteiger partial charge in [-0.3, -0.25) is 0 Å². The topological polar surface area (TPSA) is 78.1 Å². The predicted octanol–water partition coefficient (Wildman–Crippen LogP) is 5.13. The van der Waals surface area contributed by atoms with E-state index in [1.54, 1.807) is 13.0 Å². The Labute approximate surface area is 186 Å². The smallest absolute Gasteiger partial charge is 0.490 e. The molecule has 2 rings (SSSR count). The lowest BCUT2D eigenvalue weighted by Crippen LogP contribution is -2.24. The number of nitrogens with zero attached hydrogens (tertiary/aromatic N) is 1. The van der Waals surface area contributed by atoms with Crippen molar-refractivity contribution in [3.05, 3.63) is 48.0 Å². The third-order valence-corrected chi connectivity index (χ3v) is 3.36. The number of hydrogen-bond donors (Lipinski definition) is 2. The monoisotopic (exact) mass is 547 g/mol. The molecule has 0 aliphatic carbocycles. The lowest BCUT2D eigenvalue weighted by Gasteiger charge is -2.15. The van der Waals surface area contributed by atoms with Crippen molar-refractivity contribution in [1.82, 2.24) is 0 Å². The summed E-state index contributed by atoms with van der Waals surface area (Å²) in [5.74, 6) is -0.844. The Morgan fingerprint density at radius 2 is 1.77 bits per heavy atom. The number of ether oxygens (including phenoxy) is 3. The minimum absolute atomic E-state index is 0. The molecule has 2 aromatic carbocycles. The van der Waals surface area contributed by atoms with Crippen LogP contribution in [0.4, 0.5) is 27.6 Å². The first-order valence-corrected chi connectivity index (χ1v) is 8.30. The van der Waals surface area contributed by atoms with E-state index in [-0.39, 0.29) is 65.8 Å². The van der Waals surface area contributed by atoms with Crippen LogP contribution < -0.4 is 25.3 Å². The van der Waals surface area contributed by atoms with Crippen LogP contribution in [-0.4, -0.2) is 25.5 Å². The van der Waals surface area contributed by atoms with Crippen LogP contribution in [0.15, 0.2) is 47.5 Å². The molecule has 2 aromatic rings. The molecule has 0 aliphatic heterocycles. The molecule has 0 saturated carbocycles. The van der Waals surface area contributed by atoms with Crippen LogP contribution in [0.2, 0.25) is 0 Å². The van der Waals surface area contributed by atoms with E-state index in [0.29, 0.717) is 0 Å². The molecule has 30 heavy (non-hydrogen) atoms. The van der Waals surface area contributed by atoms with Crippen LogP contribution >= 0.6 is 24.0 Å². The Hall–Kier alpha value is -2.51. The van der Waals surface area contributed by atoms with Gasteiger partial charge >= 0.3 is 13.0 Å². The van der Waals surface area contributed by atoms with Crippen LogP contribution in [0.3, 0.4) is 0 Å². The maximum Gasteiger partial charge on any atom is 0.573 e. The van der Waals surface area contributed by atoms with Gasteiger partial charge in [0.05, 0.1) is 18.8 Å². The van der Waals surface area contributed by atoms with Crippen molar-refractivity contribution in [2.24, 2.45) is 10.7 Å². The summed E-state index contributed by atoms with van der Waals surface area (Å²) in [6.07, 6.45) is -4.88. The molecule has 0 unspecified atom stereocenters. The van der Waals surface area contributed by atoms with Crippen molar-refractivity contribution >= 4 is 35.6 Å². The van der Waals surface area contributed by atoms with Crippen LogP contribution in [0.1, 0.15) is 12.5 Å². The SMILES string of the molecule is CCOc1cccc(CN=C(N)Nc2ccccc2OC(F)(F)F)c1OC(F)F.I. The molecule has 0 amide bonds. The summed E-state index contributed by atoms with van der Waals surface area (Å²) in [6, 6.07) is 9.74. The van der Waals surface area contributed by atoms with E-state index >= 15 is 0 Å². The number of nitrogens with two attached hydrogens (primary N) is 1. The molecular weight excluding hydrogens is 528 g/mol. The lowest BCUT2D eigenvalue weighted by molar-refractivity contribution is -0.274. The molecule has 0 atom stereocenters. The van der Waals surface area contributed by atoms with Gasteiger partial charge in [0.15, 0.2) is 23.2 Å². The van der Waals surface area contributed by atoms with E-state index in [2.05, 4.69) is 19.8 Å².